The molecule has 0 saturated carbocycles. The molecule has 1 unspecified atom stereocenters. The number of anilines is 1. The smallest absolute Gasteiger partial charge is 0.275 e. The van der Waals surface area contributed by atoms with Gasteiger partial charge >= 0.3 is 0 Å². The number of hydrogen-bond acceptors (Lipinski definition) is 6. The number of amides is 2. The fourth-order valence-corrected chi connectivity index (χ4v) is 2.08. The number of aliphatic hydroxyl groups excluding tert-OH is 1. The summed E-state index contributed by atoms with van der Waals surface area (Å²) in [7, 11) is 0. The summed E-state index contributed by atoms with van der Waals surface area (Å²) in [6.07, 6.45) is 0. The van der Waals surface area contributed by atoms with E-state index in [1.165, 1.54) is 23.1 Å². The second-order valence-electron chi connectivity index (χ2n) is 4.44. The van der Waals surface area contributed by atoms with Gasteiger partial charge in [0.1, 0.15) is 6.04 Å². The molecule has 1 aromatic carbocycles. The van der Waals surface area contributed by atoms with Gasteiger partial charge in [-0.1, -0.05) is 0 Å². The summed E-state index contributed by atoms with van der Waals surface area (Å²) in [5.41, 5.74) is 0.421. The third kappa shape index (κ3) is 2.45. The first-order valence-corrected chi connectivity index (χ1v) is 5.92. The van der Waals surface area contributed by atoms with Crippen molar-refractivity contribution in [1.29, 1.82) is 0 Å². The molecule has 1 heterocycles. The Morgan fingerprint density at radius 2 is 2.20 bits per heavy atom. The Balaban J connectivity index is 2.39. The molecule has 1 aromatic rings. The lowest BCUT2D eigenvalue weighted by molar-refractivity contribution is -0.385. The van der Waals surface area contributed by atoms with E-state index in [0.717, 1.165) is 0 Å². The van der Waals surface area contributed by atoms with E-state index in [1.54, 1.807) is 6.92 Å². The number of nitro benzene ring substituents is 1. The molecule has 1 atom stereocenters. The summed E-state index contributed by atoms with van der Waals surface area (Å²) >= 11 is 0. The molecule has 1 aliphatic rings. The molecule has 0 bridgehead atoms. The molecule has 20 heavy (non-hydrogen) atoms. The van der Waals surface area contributed by atoms with Crippen LogP contribution in [0.4, 0.5) is 11.4 Å². The van der Waals surface area contributed by atoms with Gasteiger partial charge in [0, 0.05) is 11.8 Å². The first kappa shape index (κ1) is 13.9. The first-order valence-electron chi connectivity index (χ1n) is 5.92. The fourth-order valence-electron chi connectivity index (χ4n) is 2.08. The van der Waals surface area contributed by atoms with Crippen molar-refractivity contribution in [3.05, 3.63) is 33.9 Å². The molecule has 106 valence electrons. The molecule has 0 aromatic heterocycles. The minimum absolute atomic E-state index is 0.0183. The molecule has 8 nitrogen and oxygen atoms in total. The first-order chi connectivity index (χ1) is 9.43. The molecule has 1 aliphatic heterocycles. The molecule has 2 N–H and O–H groups in total. The quantitative estimate of drug-likeness (QED) is 0.455. The largest absolute Gasteiger partial charge is 0.391 e. The van der Waals surface area contributed by atoms with Gasteiger partial charge in [0.2, 0.25) is 11.8 Å². The number of carbonyl (C=O) groups is 2. The number of hydrogen-bond donors (Lipinski definition) is 2. The predicted molar refractivity (Wildman–Crippen MR) is 69.0 cm³/mol. The topological polar surface area (TPSA) is 113 Å². The average molecular weight is 279 g/mol. The maximum absolute atomic E-state index is 11.6. The second-order valence-corrected chi connectivity index (χ2v) is 4.44. The summed E-state index contributed by atoms with van der Waals surface area (Å²) in [6, 6.07) is 3.56. The van der Waals surface area contributed by atoms with E-state index in [2.05, 4.69) is 5.32 Å². The Labute approximate surface area is 114 Å². The van der Waals surface area contributed by atoms with Crippen LogP contribution in [0.25, 0.3) is 0 Å². The van der Waals surface area contributed by atoms with Gasteiger partial charge in [-0.2, -0.15) is 0 Å². The van der Waals surface area contributed by atoms with Crippen LogP contribution < -0.4 is 10.2 Å². The Morgan fingerprint density at radius 1 is 1.50 bits per heavy atom. The number of carbonyl (C=O) groups excluding carboxylic acids is 2. The number of aliphatic hydroxyl groups is 1. The van der Waals surface area contributed by atoms with Crippen LogP contribution in [0.15, 0.2) is 18.2 Å². The van der Waals surface area contributed by atoms with Crippen LogP contribution in [0, 0.1) is 10.1 Å². The van der Waals surface area contributed by atoms with Crippen LogP contribution in [-0.2, 0) is 16.2 Å². The van der Waals surface area contributed by atoms with Gasteiger partial charge in [-0.05, 0) is 19.1 Å². The molecule has 0 aliphatic carbocycles. The van der Waals surface area contributed by atoms with Gasteiger partial charge in [0.05, 0.1) is 23.6 Å². The number of benzene rings is 1. The number of nitrogens with zero attached hydrogens (tertiary/aromatic N) is 2. The van der Waals surface area contributed by atoms with Crippen molar-refractivity contribution in [2.45, 2.75) is 19.6 Å². The van der Waals surface area contributed by atoms with Gasteiger partial charge in [-0.25, -0.2) is 0 Å². The molecular formula is C12H13N3O5. The molecule has 0 radical (unpaired) electrons. The summed E-state index contributed by atoms with van der Waals surface area (Å²) in [6.45, 7) is 1.11. The summed E-state index contributed by atoms with van der Waals surface area (Å²) in [5.74, 6) is -0.859. The van der Waals surface area contributed by atoms with E-state index in [0.29, 0.717) is 5.69 Å². The zero-order valence-corrected chi connectivity index (χ0v) is 10.7. The van der Waals surface area contributed by atoms with Crippen LogP contribution in [-0.4, -0.2) is 34.4 Å². The van der Waals surface area contributed by atoms with Crippen molar-refractivity contribution in [3.8, 4) is 0 Å². The highest BCUT2D eigenvalue weighted by Crippen LogP contribution is 2.27. The molecular weight excluding hydrogens is 266 g/mol. The van der Waals surface area contributed by atoms with Crippen molar-refractivity contribution in [2.24, 2.45) is 0 Å². The summed E-state index contributed by atoms with van der Waals surface area (Å²) in [4.78, 5) is 34.7. The number of imide groups is 1. The van der Waals surface area contributed by atoms with E-state index in [4.69, 9.17) is 0 Å². The molecule has 2 rings (SSSR count). The van der Waals surface area contributed by atoms with Gasteiger partial charge in [0.15, 0.2) is 0 Å². The van der Waals surface area contributed by atoms with Crippen LogP contribution in [0.3, 0.4) is 0 Å². The average Bonchev–Trinajstić information content (AvgIpc) is 2.41. The molecule has 1 saturated heterocycles. The standard InChI is InChI=1S/C12H13N3O5/c1-7-12(18)13-11(17)5-14(7)9-2-3-10(15(19)20)8(4-9)6-16/h2-4,7,16H,5-6H2,1H3,(H,13,17,18). The molecule has 8 heteroatoms. The lowest BCUT2D eigenvalue weighted by Crippen LogP contribution is -2.57. The normalized spacial score (nSPS) is 18.9. The van der Waals surface area contributed by atoms with Crippen LogP contribution in [0.5, 0.6) is 0 Å². The zero-order valence-electron chi connectivity index (χ0n) is 10.7. The zero-order chi connectivity index (χ0) is 14.9. The predicted octanol–water partition coefficient (Wildman–Crippen LogP) is -0.0616. The van der Waals surface area contributed by atoms with Gasteiger partial charge in [-0.15, -0.1) is 0 Å². The van der Waals surface area contributed by atoms with Gasteiger partial charge in [0.25, 0.3) is 5.69 Å². The van der Waals surface area contributed by atoms with E-state index < -0.39 is 29.4 Å². The summed E-state index contributed by atoms with van der Waals surface area (Å²) in [5, 5.41) is 22.2. The fraction of sp³-hybridized carbons (Fsp3) is 0.333. The van der Waals surface area contributed by atoms with Crippen LogP contribution >= 0.6 is 0 Å². The van der Waals surface area contributed by atoms with Crippen LogP contribution in [0.1, 0.15) is 12.5 Å². The van der Waals surface area contributed by atoms with Gasteiger partial charge < -0.3 is 10.0 Å². The third-order valence-corrected chi connectivity index (χ3v) is 3.19. The highest BCUT2D eigenvalue weighted by molar-refractivity contribution is 6.04. The highest BCUT2D eigenvalue weighted by Gasteiger charge is 2.31. The Hall–Kier alpha value is -2.48. The molecule has 0 spiro atoms. The van der Waals surface area contributed by atoms with Crippen molar-refractivity contribution < 1.29 is 19.6 Å². The number of nitro groups is 1. The Kier molecular flexibility index (Phi) is 3.66. The number of piperazine rings is 1. The van der Waals surface area contributed by atoms with Crippen molar-refractivity contribution in [3.63, 3.8) is 0 Å². The highest BCUT2D eigenvalue weighted by atomic mass is 16.6. The lowest BCUT2D eigenvalue weighted by atomic mass is 10.1. The monoisotopic (exact) mass is 279 g/mol. The van der Waals surface area contributed by atoms with Gasteiger partial charge in [-0.3, -0.25) is 25.0 Å². The van der Waals surface area contributed by atoms with E-state index in [1.807, 2.05) is 0 Å². The van der Waals surface area contributed by atoms with Crippen molar-refractivity contribution in [1.82, 2.24) is 5.32 Å². The SMILES string of the molecule is CC1C(=O)NC(=O)CN1c1ccc([N+](=O)[O-])c(CO)c1. The van der Waals surface area contributed by atoms with Crippen molar-refractivity contribution in [2.75, 3.05) is 11.4 Å². The lowest BCUT2D eigenvalue weighted by Gasteiger charge is -2.33. The van der Waals surface area contributed by atoms with Crippen LogP contribution in [0.2, 0.25) is 0 Å². The number of nitrogens with one attached hydrogen (secondary N) is 1. The number of rotatable bonds is 3. The maximum atomic E-state index is 11.6. The molecule has 2 amide bonds. The maximum Gasteiger partial charge on any atom is 0.275 e. The minimum Gasteiger partial charge on any atom is -0.391 e. The van der Waals surface area contributed by atoms with E-state index in [9.17, 15) is 24.8 Å². The Morgan fingerprint density at radius 3 is 2.80 bits per heavy atom. The van der Waals surface area contributed by atoms with E-state index in [-0.39, 0.29) is 17.8 Å². The third-order valence-electron chi connectivity index (χ3n) is 3.19. The molecule has 1 fully saturated rings. The minimum atomic E-state index is -0.590. The van der Waals surface area contributed by atoms with E-state index >= 15 is 0 Å². The second kappa shape index (κ2) is 5.25. The summed E-state index contributed by atoms with van der Waals surface area (Å²) < 4.78 is 0. The van der Waals surface area contributed by atoms with Crippen molar-refractivity contribution >= 4 is 23.2 Å². The Bertz CT molecular complexity index is 586.